The first-order valence-electron chi connectivity index (χ1n) is 5.13. The number of rotatable bonds is 4. The molecule has 100 valence electrons. The molecule has 1 heterocycles. The summed E-state index contributed by atoms with van der Waals surface area (Å²) in [6.45, 7) is 0. The van der Waals surface area contributed by atoms with Crippen molar-refractivity contribution in [2.45, 2.75) is 5.03 Å². The van der Waals surface area contributed by atoms with Crippen LogP contribution in [-0.4, -0.2) is 34.9 Å². The minimum atomic E-state index is -3.69. The fraction of sp³-hybridized carbons (Fsp3) is 0.200. The Bertz CT molecular complexity index is 748. The molecular weight excluding hydrogens is 294 g/mol. The summed E-state index contributed by atoms with van der Waals surface area (Å²) in [6, 6.07) is 3.79. The van der Waals surface area contributed by atoms with Gasteiger partial charge in [0.2, 0.25) is 0 Å². The van der Waals surface area contributed by atoms with Crippen LogP contribution in [0.5, 0.6) is 0 Å². The van der Waals surface area contributed by atoms with Crippen LogP contribution in [0.2, 0.25) is 0 Å². The maximum absolute atomic E-state index is 12.0. The molecule has 19 heavy (non-hydrogen) atoms. The SMILES string of the molecule is O=[N+]([O-])c1ccc2ncnc(S(=O)(=O)CCCl)c2c1. The van der Waals surface area contributed by atoms with Crippen LogP contribution >= 0.6 is 11.6 Å². The summed E-state index contributed by atoms with van der Waals surface area (Å²) in [5.41, 5.74) is 0.110. The lowest BCUT2D eigenvalue weighted by Crippen LogP contribution is -2.11. The number of hydrogen-bond donors (Lipinski definition) is 0. The smallest absolute Gasteiger partial charge is 0.258 e. The van der Waals surface area contributed by atoms with Crippen LogP contribution in [0.15, 0.2) is 29.6 Å². The monoisotopic (exact) mass is 301 g/mol. The summed E-state index contributed by atoms with van der Waals surface area (Å²) in [5, 5.41) is 10.6. The van der Waals surface area contributed by atoms with Gasteiger partial charge in [0.05, 0.1) is 16.2 Å². The number of benzene rings is 1. The normalized spacial score (nSPS) is 11.6. The number of nitro groups is 1. The number of alkyl halides is 1. The van der Waals surface area contributed by atoms with E-state index in [1.54, 1.807) is 0 Å². The number of fused-ring (bicyclic) bond motifs is 1. The topological polar surface area (TPSA) is 103 Å². The Balaban J connectivity index is 2.74. The highest BCUT2D eigenvalue weighted by atomic mass is 35.5. The van der Waals surface area contributed by atoms with E-state index >= 15 is 0 Å². The number of nitro benzene ring substituents is 1. The maximum Gasteiger partial charge on any atom is 0.270 e. The second kappa shape index (κ2) is 5.06. The zero-order valence-corrected chi connectivity index (χ0v) is 11.1. The highest BCUT2D eigenvalue weighted by Crippen LogP contribution is 2.24. The lowest BCUT2D eigenvalue weighted by atomic mass is 10.2. The molecule has 0 saturated carbocycles. The van der Waals surface area contributed by atoms with Crippen molar-refractivity contribution in [3.63, 3.8) is 0 Å². The first kappa shape index (κ1) is 13.6. The van der Waals surface area contributed by atoms with Crippen molar-refractivity contribution < 1.29 is 13.3 Å². The minimum Gasteiger partial charge on any atom is -0.258 e. The second-order valence-corrected chi connectivity index (χ2v) is 6.05. The van der Waals surface area contributed by atoms with Crippen LogP contribution in [-0.2, 0) is 9.84 Å². The average molecular weight is 302 g/mol. The Hall–Kier alpha value is -1.80. The zero-order valence-electron chi connectivity index (χ0n) is 9.48. The molecule has 1 aromatic carbocycles. The van der Waals surface area contributed by atoms with Crippen LogP contribution in [0.25, 0.3) is 10.9 Å². The van der Waals surface area contributed by atoms with Gasteiger partial charge in [-0.15, -0.1) is 11.6 Å². The molecular formula is C10H8ClN3O4S. The third kappa shape index (κ3) is 2.64. The van der Waals surface area contributed by atoms with Crippen LogP contribution in [0.3, 0.4) is 0 Å². The minimum absolute atomic E-state index is 0.0806. The molecule has 0 fully saturated rings. The number of sulfone groups is 1. The fourth-order valence-electron chi connectivity index (χ4n) is 1.58. The van der Waals surface area contributed by atoms with Crippen molar-refractivity contribution in [3.05, 3.63) is 34.6 Å². The van der Waals surface area contributed by atoms with E-state index in [9.17, 15) is 18.5 Å². The van der Waals surface area contributed by atoms with Gasteiger partial charge in [0.25, 0.3) is 5.69 Å². The molecule has 0 atom stereocenters. The molecule has 0 aliphatic carbocycles. The molecule has 0 aliphatic heterocycles. The second-order valence-electron chi connectivity index (χ2n) is 3.65. The summed E-state index contributed by atoms with van der Waals surface area (Å²) in [7, 11) is -3.69. The third-order valence-electron chi connectivity index (χ3n) is 2.43. The zero-order chi connectivity index (χ0) is 14.0. The lowest BCUT2D eigenvalue weighted by Gasteiger charge is -2.05. The Morgan fingerprint density at radius 1 is 1.32 bits per heavy atom. The van der Waals surface area contributed by atoms with Crippen molar-refractivity contribution in [1.82, 2.24) is 9.97 Å². The molecule has 0 amide bonds. The molecule has 0 aliphatic rings. The van der Waals surface area contributed by atoms with E-state index in [0.29, 0.717) is 5.52 Å². The molecule has 2 aromatic rings. The quantitative estimate of drug-likeness (QED) is 0.367. The van der Waals surface area contributed by atoms with Gasteiger partial charge in [-0.1, -0.05) is 0 Å². The Labute approximate surface area is 113 Å². The third-order valence-corrected chi connectivity index (χ3v) is 4.50. The van der Waals surface area contributed by atoms with E-state index in [1.165, 1.54) is 12.1 Å². The molecule has 0 N–H and O–H groups in total. The van der Waals surface area contributed by atoms with Crippen molar-refractivity contribution in [1.29, 1.82) is 0 Å². The van der Waals surface area contributed by atoms with Crippen molar-refractivity contribution in [2.24, 2.45) is 0 Å². The molecule has 0 unspecified atom stereocenters. The Morgan fingerprint density at radius 3 is 2.68 bits per heavy atom. The van der Waals surface area contributed by atoms with Crippen LogP contribution in [0.1, 0.15) is 0 Å². The van der Waals surface area contributed by atoms with Gasteiger partial charge in [-0.25, -0.2) is 18.4 Å². The average Bonchev–Trinajstić information content (AvgIpc) is 2.37. The Morgan fingerprint density at radius 2 is 2.05 bits per heavy atom. The van der Waals surface area contributed by atoms with E-state index in [-0.39, 0.29) is 27.7 Å². The predicted octanol–water partition coefficient (Wildman–Crippen LogP) is 1.55. The van der Waals surface area contributed by atoms with E-state index < -0.39 is 14.8 Å². The molecule has 2 rings (SSSR count). The largest absolute Gasteiger partial charge is 0.270 e. The van der Waals surface area contributed by atoms with Gasteiger partial charge >= 0.3 is 0 Å². The van der Waals surface area contributed by atoms with Gasteiger partial charge in [-0.05, 0) is 6.07 Å². The van der Waals surface area contributed by atoms with Crippen LogP contribution in [0.4, 0.5) is 5.69 Å². The maximum atomic E-state index is 12.0. The number of non-ortho nitro benzene ring substituents is 1. The summed E-state index contributed by atoms with van der Waals surface area (Å²) < 4.78 is 24.0. The van der Waals surface area contributed by atoms with Crippen LogP contribution < -0.4 is 0 Å². The lowest BCUT2D eigenvalue weighted by molar-refractivity contribution is -0.384. The summed E-state index contributed by atoms with van der Waals surface area (Å²) in [6.07, 6.45) is 1.11. The van der Waals surface area contributed by atoms with Crippen molar-refractivity contribution in [2.75, 3.05) is 11.6 Å². The first-order chi connectivity index (χ1) is 8.95. The molecule has 1 aromatic heterocycles. The molecule has 0 saturated heterocycles. The van der Waals surface area contributed by atoms with E-state index in [4.69, 9.17) is 11.6 Å². The van der Waals surface area contributed by atoms with Crippen molar-refractivity contribution >= 4 is 38.0 Å². The number of halogens is 1. The van der Waals surface area contributed by atoms with Gasteiger partial charge in [-0.3, -0.25) is 10.1 Å². The predicted molar refractivity (Wildman–Crippen MR) is 69.0 cm³/mol. The van der Waals surface area contributed by atoms with Crippen LogP contribution in [0, 0.1) is 10.1 Å². The molecule has 7 nitrogen and oxygen atoms in total. The van der Waals surface area contributed by atoms with E-state index in [0.717, 1.165) is 12.4 Å². The molecule has 0 bridgehead atoms. The van der Waals surface area contributed by atoms with E-state index in [2.05, 4.69) is 9.97 Å². The van der Waals surface area contributed by atoms with Gasteiger partial charge in [0, 0.05) is 23.4 Å². The van der Waals surface area contributed by atoms with Gasteiger partial charge in [0.1, 0.15) is 6.33 Å². The van der Waals surface area contributed by atoms with E-state index in [1.807, 2.05) is 0 Å². The van der Waals surface area contributed by atoms with Gasteiger partial charge in [0.15, 0.2) is 14.9 Å². The summed E-state index contributed by atoms with van der Waals surface area (Å²) in [5.74, 6) is -0.369. The standard InChI is InChI=1S/C10H8ClN3O4S/c11-3-4-19(17,18)10-8-5-7(14(15)16)1-2-9(8)12-6-13-10/h1-2,5-6H,3-4H2. The molecule has 0 radical (unpaired) electrons. The fourth-order valence-corrected chi connectivity index (χ4v) is 3.29. The van der Waals surface area contributed by atoms with Crippen molar-refractivity contribution in [3.8, 4) is 0 Å². The number of aromatic nitrogens is 2. The highest BCUT2D eigenvalue weighted by molar-refractivity contribution is 7.91. The highest BCUT2D eigenvalue weighted by Gasteiger charge is 2.20. The summed E-state index contributed by atoms with van der Waals surface area (Å²) >= 11 is 5.44. The first-order valence-corrected chi connectivity index (χ1v) is 7.32. The molecule has 9 heteroatoms. The molecule has 0 spiro atoms. The van der Waals surface area contributed by atoms with Gasteiger partial charge in [-0.2, -0.15) is 0 Å². The number of hydrogen-bond acceptors (Lipinski definition) is 6. The summed E-state index contributed by atoms with van der Waals surface area (Å²) in [4.78, 5) is 17.7. The Kier molecular flexibility index (Phi) is 3.63. The van der Waals surface area contributed by atoms with Gasteiger partial charge < -0.3 is 0 Å². The number of nitrogens with zero attached hydrogens (tertiary/aromatic N) is 3.